The van der Waals surface area contributed by atoms with E-state index in [-0.39, 0.29) is 30.3 Å². The van der Waals surface area contributed by atoms with Crippen molar-refractivity contribution in [3.63, 3.8) is 0 Å². The van der Waals surface area contributed by atoms with Gasteiger partial charge in [-0.05, 0) is 54.4 Å². The molecule has 1 unspecified atom stereocenters. The first-order valence-electron chi connectivity index (χ1n) is 9.98. The number of amides is 1. The SMILES string of the molecule is Cc1cc(OCC(=O)OCc2cccnc2)ccc1N1C(=O)CSC1c1ccc(F)cc1. The van der Waals surface area contributed by atoms with Gasteiger partial charge in [-0.3, -0.25) is 14.7 Å². The molecule has 8 heteroatoms. The van der Waals surface area contributed by atoms with E-state index in [0.717, 1.165) is 22.4 Å². The highest BCUT2D eigenvalue weighted by Crippen LogP contribution is 2.43. The van der Waals surface area contributed by atoms with E-state index in [4.69, 9.17) is 9.47 Å². The number of rotatable bonds is 7. The fourth-order valence-corrected chi connectivity index (χ4v) is 4.55. The van der Waals surface area contributed by atoms with Crippen molar-refractivity contribution in [2.75, 3.05) is 17.3 Å². The monoisotopic (exact) mass is 452 g/mol. The second kappa shape index (κ2) is 9.82. The number of anilines is 1. The second-order valence-electron chi connectivity index (χ2n) is 7.24. The Labute approximate surface area is 189 Å². The molecule has 1 aromatic heterocycles. The largest absolute Gasteiger partial charge is 0.482 e. The Hall–Kier alpha value is -3.39. The van der Waals surface area contributed by atoms with Gasteiger partial charge in [-0.15, -0.1) is 11.8 Å². The van der Waals surface area contributed by atoms with E-state index in [9.17, 15) is 14.0 Å². The lowest BCUT2D eigenvalue weighted by molar-refractivity contribution is -0.147. The molecule has 4 rings (SSSR count). The number of hydrogen-bond acceptors (Lipinski definition) is 6. The van der Waals surface area contributed by atoms with Gasteiger partial charge in [0.25, 0.3) is 0 Å². The molecular weight excluding hydrogens is 431 g/mol. The van der Waals surface area contributed by atoms with E-state index < -0.39 is 5.97 Å². The van der Waals surface area contributed by atoms with Crippen LogP contribution < -0.4 is 9.64 Å². The van der Waals surface area contributed by atoms with Gasteiger partial charge in [0.15, 0.2) is 6.61 Å². The van der Waals surface area contributed by atoms with Crippen molar-refractivity contribution in [1.82, 2.24) is 4.98 Å². The number of carbonyl (C=O) groups excluding carboxylic acids is 2. The van der Waals surface area contributed by atoms with Gasteiger partial charge in [-0.1, -0.05) is 18.2 Å². The van der Waals surface area contributed by atoms with Crippen molar-refractivity contribution < 1.29 is 23.5 Å². The van der Waals surface area contributed by atoms with Crippen LogP contribution in [0.25, 0.3) is 0 Å². The maximum atomic E-state index is 13.3. The Kier molecular flexibility index (Phi) is 6.70. The van der Waals surface area contributed by atoms with Crippen molar-refractivity contribution in [3.8, 4) is 5.75 Å². The van der Waals surface area contributed by atoms with Gasteiger partial charge < -0.3 is 9.47 Å². The van der Waals surface area contributed by atoms with Crippen LogP contribution in [0.4, 0.5) is 10.1 Å². The van der Waals surface area contributed by atoms with Crippen LogP contribution in [0.1, 0.15) is 22.1 Å². The molecule has 2 aromatic carbocycles. The minimum absolute atomic E-state index is 0.0138. The first-order chi connectivity index (χ1) is 15.5. The van der Waals surface area contributed by atoms with Crippen LogP contribution in [0.2, 0.25) is 0 Å². The van der Waals surface area contributed by atoms with Gasteiger partial charge in [0.2, 0.25) is 5.91 Å². The standard InChI is InChI=1S/C24H21FN2O4S/c1-16-11-20(30-14-23(29)31-13-17-3-2-10-26-12-17)8-9-21(16)27-22(28)15-32-24(27)18-4-6-19(25)7-5-18/h2-12,24H,13-15H2,1H3. The molecule has 1 aliphatic rings. The van der Waals surface area contributed by atoms with Crippen LogP contribution in [0.3, 0.4) is 0 Å². The Morgan fingerprint density at radius 3 is 2.75 bits per heavy atom. The van der Waals surface area contributed by atoms with Crippen molar-refractivity contribution >= 4 is 29.3 Å². The quantitative estimate of drug-likeness (QED) is 0.494. The summed E-state index contributed by atoms with van der Waals surface area (Å²) < 4.78 is 24.1. The highest BCUT2D eigenvalue weighted by molar-refractivity contribution is 8.00. The summed E-state index contributed by atoms with van der Waals surface area (Å²) in [6.45, 7) is 1.78. The van der Waals surface area contributed by atoms with Crippen molar-refractivity contribution in [2.45, 2.75) is 18.9 Å². The number of benzene rings is 2. The third-order valence-corrected chi connectivity index (χ3v) is 6.14. The van der Waals surface area contributed by atoms with Gasteiger partial charge in [-0.25, -0.2) is 9.18 Å². The summed E-state index contributed by atoms with van der Waals surface area (Å²) in [7, 11) is 0. The first kappa shape index (κ1) is 21.8. The van der Waals surface area contributed by atoms with E-state index in [2.05, 4.69) is 4.98 Å². The molecule has 164 valence electrons. The van der Waals surface area contributed by atoms with Crippen molar-refractivity contribution in [1.29, 1.82) is 0 Å². The van der Waals surface area contributed by atoms with E-state index in [1.54, 1.807) is 53.7 Å². The van der Waals surface area contributed by atoms with E-state index in [1.165, 1.54) is 23.9 Å². The highest BCUT2D eigenvalue weighted by Gasteiger charge is 2.34. The smallest absolute Gasteiger partial charge is 0.344 e. The zero-order valence-corrected chi connectivity index (χ0v) is 18.2. The number of thioether (sulfide) groups is 1. The summed E-state index contributed by atoms with van der Waals surface area (Å²) in [5, 5.41) is -0.226. The van der Waals surface area contributed by atoms with Crippen molar-refractivity contribution in [3.05, 3.63) is 89.5 Å². The summed E-state index contributed by atoms with van der Waals surface area (Å²) in [5.41, 5.74) is 3.23. The number of halogens is 1. The molecule has 0 radical (unpaired) electrons. The Balaban J connectivity index is 1.40. The van der Waals surface area contributed by atoms with E-state index in [0.29, 0.717) is 11.5 Å². The Bertz CT molecular complexity index is 1110. The fourth-order valence-electron chi connectivity index (χ4n) is 3.38. The molecule has 6 nitrogen and oxygen atoms in total. The summed E-state index contributed by atoms with van der Waals surface area (Å²) in [6, 6.07) is 15.1. The molecule has 2 heterocycles. The van der Waals surface area contributed by atoms with Gasteiger partial charge >= 0.3 is 5.97 Å². The third kappa shape index (κ3) is 5.08. The zero-order valence-electron chi connectivity index (χ0n) is 17.4. The van der Waals surface area contributed by atoms with Gasteiger partial charge in [0.1, 0.15) is 23.5 Å². The van der Waals surface area contributed by atoms with Crippen LogP contribution in [0.15, 0.2) is 67.0 Å². The normalized spacial score (nSPS) is 15.6. The molecule has 0 saturated carbocycles. The minimum Gasteiger partial charge on any atom is -0.482 e. The van der Waals surface area contributed by atoms with Gasteiger partial charge in [0.05, 0.1) is 5.75 Å². The Morgan fingerprint density at radius 1 is 1.22 bits per heavy atom. The van der Waals surface area contributed by atoms with E-state index in [1.807, 2.05) is 13.0 Å². The number of nitrogens with zero attached hydrogens (tertiary/aromatic N) is 2. The molecule has 1 saturated heterocycles. The molecule has 3 aromatic rings. The average Bonchev–Trinajstić information content (AvgIpc) is 3.18. The predicted octanol–water partition coefficient (Wildman–Crippen LogP) is 4.43. The lowest BCUT2D eigenvalue weighted by atomic mass is 10.1. The van der Waals surface area contributed by atoms with Crippen LogP contribution in [-0.2, 0) is 20.9 Å². The number of hydrogen-bond donors (Lipinski definition) is 0. The maximum Gasteiger partial charge on any atom is 0.344 e. The molecule has 0 bridgehead atoms. The minimum atomic E-state index is -0.488. The molecule has 0 aliphatic carbocycles. The number of carbonyl (C=O) groups is 2. The molecule has 1 atom stereocenters. The lowest BCUT2D eigenvalue weighted by Gasteiger charge is -2.26. The third-order valence-electron chi connectivity index (χ3n) is 4.93. The fraction of sp³-hybridized carbons (Fsp3) is 0.208. The van der Waals surface area contributed by atoms with Crippen LogP contribution >= 0.6 is 11.8 Å². The predicted molar refractivity (Wildman–Crippen MR) is 120 cm³/mol. The van der Waals surface area contributed by atoms with Crippen LogP contribution in [0, 0.1) is 12.7 Å². The molecule has 1 fully saturated rings. The molecule has 1 amide bonds. The second-order valence-corrected chi connectivity index (χ2v) is 8.31. The van der Waals surface area contributed by atoms with Gasteiger partial charge in [-0.2, -0.15) is 0 Å². The molecule has 32 heavy (non-hydrogen) atoms. The summed E-state index contributed by atoms with van der Waals surface area (Å²) >= 11 is 1.50. The number of aryl methyl sites for hydroxylation is 1. The van der Waals surface area contributed by atoms with Crippen LogP contribution in [0.5, 0.6) is 5.75 Å². The molecule has 1 aliphatic heterocycles. The first-order valence-corrected chi connectivity index (χ1v) is 11.0. The van der Waals surface area contributed by atoms with Crippen LogP contribution in [-0.4, -0.2) is 29.2 Å². The number of esters is 1. The Morgan fingerprint density at radius 2 is 2.03 bits per heavy atom. The number of pyridine rings is 1. The van der Waals surface area contributed by atoms with Gasteiger partial charge in [0, 0.05) is 23.6 Å². The number of ether oxygens (including phenoxy) is 2. The topological polar surface area (TPSA) is 68.7 Å². The molecule has 0 N–H and O–H groups in total. The van der Waals surface area contributed by atoms with E-state index >= 15 is 0 Å². The zero-order chi connectivity index (χ0) is 22.5. The average molecular weight is 453 g/mol. The molecular formula is C24H21FN2O4S. The number of aromatic nitrogens is 1. The summed E-state index contributed by atoms with van der Waals surface area (Å²) in [5.74, 6) is 0.0364. The maximum absolute atomic E-state index is 13.3. The highest BCUT2D eigenvalue weighted by atomic mass is 32.2. The molecule has 0 spiro atoms. The summed E-state index contributed by atoms with van der Waals surface area (Å²) in [4.78, 5) is 30.3. The lowest BCUT2D eigenvalue weighted by Crippen LogP contribution is -2.28. The van der Waals surface area contributed by atoms with Crippen molar-refractivity contribution in [2.24, 2.45) is 0 Å². The summed E-state index contributed by atoms with van der Waals surface area (Å²) in [6.07, 6.45) is 3.28.